The third-order valence-electron chi connectivity index (χ3n) is 5.39. The lowest BCUT2D eigenvalue weighted by atomic mass is 9.84. The number of esters is 1. The quantitative estimate of drug-likeness (QED) is 0.763. The van der Waals surface area contributed by atoms with E-state index in [-0.39, 0.29) is 11.9 Å². The molecule has 0 bridgehead atoms. The smallest absolute Gasteiger partial charge is 0.309 e. The number of hydrogen-bond acceptors (Lipinski definition) is 5. The van der Waals surface area contributed by atoms with Crippen LogP contribution in [0.1, 0.15) is 24.8 Å². The zero-order chi connectivity index (χ0) is 17.6. The lowest BCUT2D eigenvalue weighted by Crippen LogP contribution is -2.48. The molecule has 2 aliphatic rings. The first-order chi connectivity index (χ1) is 12.2. The summed E-state index contributed by atoms with van der Waals surface area (Å²) in [5, 5.41) is 0. The van der Waals surface area contributed by atoms with E-state index in [1.54, 1.807) is 0 Å². The summed E-state index contributed by atoms with van der Waals surface area (Å²) in [4.78, 5) is 17.1. The SMILES string of the molecule is COC(=O)C1CC(c2ccccc2)CN(CCN2CCOC(C)C2)C1. The number of ether oxygens (including phenoxy) is 2. The Labute approximate surface area is 150 Å². The van der Waals surface area contributed by atoms with E-state index in [4.69, 9.17) is 9.47 Å². The Morgan fingerprint density at radius 1 is 1.16 bits per heavy atom. The molecule has 5 nitrogen and oxygen atoms in total. The van der Waals surface area contributed by atoms with Crippen LogP contribution in [0.3, 0.4) is 0 Å². The molecule has 0 saturated carbocycles. The third kappa shape index (κ3) is 5.03. The molecule has 2 saturated heterocycles. The first-order valence-electron chi connectivity index (χ1n) is 9.34. The van der Waals surface area contributed by atoms with Crippen molar-refractivity contribution in [3.8, 4) is 0 Å². The second-order valence-corrected chi connectivity index (χ2v) is 7.30. The summed E-state index contributed by atoms with van der Waals surface area (Å²) < 4.78 is 10.7. The van der Waals surface area contributed by atoms with Crippen LogP contribution in [0.2, 0.25) is 0 Å². The number of benzene rings is 1. The van der Waals surface area contributed by atoms with Gasteiger partial charge in [0.25, 0.3) is 0 Å². The van der Waals surface area contributed by atoms with Crippen molar-refractivity contribution in [1.82, 2.24) is 9.80 Å². The largest absolute Gasteiger partial charge is 0.469 e. The summed E-state index contributed by atoms with van der Waals surface area (Å²) in [7, 11) is 1.49. The average Bonchev–Trinajstić information content (AvgIpc) is 2.66. The van der Waals surface area contributed by atoms with Gasteiger partial charge in [0.15, 0.2) is 0 Å². The fourth-order valence-electron chi connectivity index (χ4n) is 4.05. The monoisotopic (exact) mass is 346 g/mol. The molecule has 3 atom stereocenters. The topological polar surface area (TPSA) is 42.0 Å². The number of nitrogens with zero attached hydrogens (tertiary/aromatic N) is 2. The zero-order valence-corrected chi connectivity index (χ0v) is 15.4. The van der Waals surface area contributed by atoms with Gasteiger partial charge in [-0.2, -0.15) is 0 Å². The van der Waals surface area contributed by atoms with Gasteiger partial charge >= 0.3 is 5.97 Å². The van der Waals surface area contributed by atoms with Gasteiger partial charge in [0.2, 0.25) is 0 Å². The zero-order valence-electron chi connectivity index (χ0n) is 15.4. The fourth-order valence-corrected chi connectivity index (χ4v) is 4.05. The summed E-state index contributed by atoms with van der Waals surface area (Å²) in [5.74, 6) is 0.279. The van der Waals surface area contributed by atoms with E-state index in [2.05, 4.69) is 41.0 Å². The molecule has 0 N–H and O–H groups in total. The van der Waals surface area contributed by atoms with Crippen LogP contribution in [-0.4, -0.2) is 74.9 Å². The van der Waals surface area contributed by atoms with Crippen LogP contribution in [0.15, 0.2) is 30.3 Å². The van der Waals surface area contributed by atoms with Crippen LogP contribution in [0.4, 0.5) is 0 Å². The maximum absolute atomic E-state index is 12.2. The summed E-state index contributed by atoms with van der Waals surface area (Å²) >= 11 is 0. The minimum Gasteiger partial charge on any atom is -0.469 e. The van der Waals surface area contributed by atoms with Crippen molar-refractivity contribution in [2.45, 2.75) is 25.4 Å². The third-order valence-corrected chi connectivity index (χ3v) is 5.39. The normalized spacial score (nSPS) is 28.6. The maximum Gasteiger partial charge on any atom is 0.309 e. The molecular weight excluding hydrogens is 316 g/mol. The number of carbonyl (C=O) groups excluding carboxylic acids is 1. The van der Waals surface area contributed by atoms with Crippen LogP contribution in [0.5, 0.6) is 0 Å². The number of piperidine rings is 1. The first kappa shape index (κ1) is 18.4. The number of morpholine rings is 1. The molecule has 2 heterocycles. The maximum atomic E-state index is 12.2. The second kappa shape index (κ2) is 8.79. The van der Waals surface area contributed by atoms with E-state index in [1.165, 1.54) is 12.7 Å². The lowest BCUT2D eigenvalue weighted by Gasteiger charge is -2.39. The number of hydrogen-bond donors (Lipinski definition) is 0. The van der Waals surface area contributed by atoms with Gasteiger partial charge < -0.3 is 14.4 Å². The molecular formula is C20H30N2O3. The van der Waals surface area contributed by atoms with Gasteiger partial charge in [-0.3, -0.25) is 9.69 Å². The molecule has 0 aromatic heterocycles. The van der Waals surface area contributed by atoms with Crippen molar-refractivity contribution in [3.05, 3.63) is 35.9 Å². The number of likely N-dealkylation sites (tertiary alicyclic amines) is 1. The summed E-state index contributed by atoms with van der Waals surface area (Å²) in [6.07, 6.45) is 1.19. The Bertz CT molecular complexity index is 551. The first-order valence-corrected chi connectivity index (χ1v) is 9.34. The van der Waals surface area contributed by atoms with Crippen molar-refractivity contribution in [3.63, 3.8) is 0 Å². The predicted molar refractivity (Wildman–Crippen MR) is 97.6 cm³/mol. The standard InChI is InChI=1S/C20H30N2O3/c1-16-13-21(10-11-25-16)8-9-22-14-18(17-6-4-3-5-7-17)12-19(15-22)20(23)24-2/h3-7,16,18-19H,8-15H2,1-2H3. The molecule has 3 unspecified atom stereocenters. The predicted octanol–water partition coefficient (Wildman–Crippen LogP) is 1.99. The second-order valence-electron chi connectivity index (χ2n) is 7.30. The van der Waals surface area contributed by atoms with Gasteiger partial charge in [-0.15, -0.1) is 0 Å². The average molecular weight is 346 g/mol. The Balaban J connectivity index is 1.62. The molecule has 0 radical (unpaired) electrons. The highest BCUT2D eigenvalue weighted by Crippen LogP contribution is 2.30. The van der Waals surface area contributed by atoms with Gasteiger partial charge in [0.1, 0.15) is 0 Å². The lowest BCUT2D eigenvalue weighted by molar-refractivity contribution is -0.147. The minimum absolute atomic E-state index is 0.0347. The fraction of sp³-hybridized carbons (Fsp3) is 0.650. The van der Waals surface area contributed by atoms with Crippen molar-refractivity contribution >= 4 is 5.97 Å². The van der Waals surface area contributed by atoms with E-state index in [0.29, 0.717) is 12.0 Å². The summed E-state index contributed by atoms with van der Waals surface area (Å²) in [5.41, 5.74) is 1.32. The van der Waals surface area contributed by atoms with Crippen LogP contribution in [-0.2, 0) is 14.3 Å². The Morgan fingerprint density at radius 2 is 1.92 bits per heavy atom. The Kier molecular flexibility index (Phi) is 6.45. The summed E-state index contributed by atoms with van der Waals surface area (Å²) in [6, 6.07) is 10.5. The number of carbonyl (C=O) groups is 1. The van der Waals surface area contributed by atoms with E-state index in [9.17, 15) is 4.79 Å². The Hall–Kier alpha value is -1.43. The molecule has 1 aromatic rings. The molecule has 0 spiro atoms. The van der Waals surface area contributed by atoms with Crippen molar-refractivity contribution in [1.29, 1.82) is 0 Å². The van der Waals surface area contributed by atoms with E-state index in [0.717, 1.165) is 52.3 Å². The highest BCUT2D eigenvalue weighted by Gasteiger charge is 2.33. The highest BCUT2D eigenvalue weighted by molar-refractivity contribution is 5.72. The molecule has 5 heteroatoms. The van der Waals surface area contributed by atoms with Crippen molar-refractivity contribution < 1.29 is 14.3 Å². The van der Waals surface area contributed by atoms with E-state index < -0.39 is 0 Å². The van der Waals surface area contributed by atoms with Crippen molar-refractivity contribution in [2.24, 2.45) is 5.92 Å². The van der Waals surface area contributed by atoms with Crippen LogP contribution < -0.4 is 0 Å². The van der Waals surface area contributed by atoms with Gasteiger partial charge in [-0.05, 0) is 24.8 Å². The molecule has 0 aliphatic carbocycles. The molecule has 3 rings (SSSR count). The molecule has 0 amide bonds. The van der Waals surface area contributed by atoms with Gasteiger partial charge in [-0.25, -0.2) is 0 Å². The van der Waals surface area contributed by atoms with Crippen LogP contribution >= 0.6 is 0 Å². The van der Waals surface area contributed by atoms with Gasteiger partial charge in [-0.1, -0.05) is 30.3 Å². The molecule has 138 valence electrons. The molecule has 2 aliphatic heterocycles. The highest BCUT2D eigenvalue weighted by atomic mass is 16.5. The van der Waals surface area contributed by atoms with Gasteiger partial charge in [0, 0.05) is 39.3 Å². The number of rotatable bonds is 5. The molecule has 1 aromatic carbocycles. The summed E-state index contributed by atoms with van der Waals surface area (Å²) in [6.45, 7) is 8.78. The van der Waals surface area contributed by atoms with Crippen LogP contribution in [0, 0.1) is 5.92 Å². The van der Waals surface area contributed by atoms with Crippen molar-refractivity contribution in [2.75, 3.05) is 53.0 Å². The molecule has 2 fully saturated rings. The molecule has 25 heavy (non-hydrogen) atoms. The van der Waals surface area contributed by atoms with Crippen LogP contribution in [0.25, 0.3) is 0 Å². The van der Waals surface area contributed by atoms with E-state index >= 15 is 0 Å². The van der Waals surface area contributed by atoms with Gasteiger partial charge in [0.05, 0.1) is 25.7 Å². The number of methoxy groups -OCH3 is 1. The minimum atomic E-state index is -0.0781. The Morgan fingerprint density at radius 3 is 2.64 bits per heavy atom. The van der Waals surface area contributed by atoms with E-state index in [1.807, 2.05) is 6.07 Å².